The van der Waals surface area contributed by atoms with Crippen molar-refractivity contribution in [1.29, 1.82) is 0 Å². The summed E-state index contributed by atoms with van der Waals surface area (Å²) in [7, 11) is 0. The van der Waals surface area contributed by atoms with Crippen LogP contribution in [0.15, 0.2) is 73.1 Å². The van der Waals surface area contributed by atoms with Crippen molar-refractivity contribution in [3.8, 4) is 5.75 Å². The molecule has 5 heteroatoms. The van der Waals surface area contributed by atoms with E-state index in [1.165, 1.54) is 5.56 Å². The van der Waals surface area contributed by atoms with Gasteiger partial charge in [-0.05, 0) is 41.5 Å². The van der Waals surface area contributed by atoms with Gasteiger partial charge in [0.15, 0.2) is 0 Å². The van der Waals surface area contributed by atoms with Crippen LogP contribution in [0, 0.1) is 0 Å². The van der Waals surface area contributed by atoms with E-state index in [0.717, 1.165) is 35.0 Å². The van der Waals surface area contributed by atoms with Crippen molar-refractivity contribution in [3.05, 3.63) is 94.8 Å². The van der Waals surface area contributed by atoms with E-state index in [-0.39, 0.29) is 12.4 Å². The lowest BCUT2D eigenvalue weighted by Gasteiger charge is -2.12. The second-order valence-corrected chi connectivity index (χ2v) is 5.92. The van der Waals surface area contributed by atoms with E-state index < -0.39 is 0 Å². The van der Waals surface area contributed by atoms with E-state index in [4.69, 9.17) is 16.3 Å². The average Bonchev–Trinajstić information content (AvgIpc) is 2.63. The maximum atomic E-state index is 5.97. The van der Waals surface area contributed by atoms with Crippen molar-refractivity contribution in [2.24, 2.45) is 0 Å². The van der Waals surface area contributed by atoms with Crippen molar-refractivity contribution in [2.45, 2.75) is 19.7 Å². The van der Waals surface area contributed by atoms with Crippen LogP contribution in [0.4, 0.5) is 0 Å². The number of para-hydroxylation sites is 1. The molecule has 0 amide bonds. The molecule has 0 radical (unpaired) electrons. The first kappa shape index (κ1) is 19.3. The van der Waals surface area contributed by atoms with Gasteiger partial charge in [0, 0.05) is 36.1 Å². The molecule has 0 saturated carbocycles. The number of nitrogens with one attached hydrogen (secondary N) is 1. The number of halogens is 2. The largest absolute Gasteiger partial charge is 0.489 e. The van der Waals surface area contributed by atoms with Crippen molar-refractivity contribution in [2.75, 3.05) is 0 Å². The molecule has 0 spiro atoms. The van der Waals surface area contributed by atoms with Gasteiger partial charge in [-0.15, -0.1) is 12.4 Å². The van der Waals surface area contributed by atoms with Gasteiger partial charge in [-0.2, -0.15) is 0 Å². The number of rotatable bonds is 7. The Labute approximate surface area is 159 Å². The summed E-state index contributed by atoms with van der Waals surface area (Å²) < 4.78 is 5.97. The smallest absolute Gasteiger partial charge is 0.124 e. The third kappa shape index (κ3) is 6.05. The number of hydrogen-bond acceptors (Lipinski definition) is 3. The topological polar surface area (TPSA) is 34.1 Å². The predicted molar refractivity (Wildman–Crippen MR) is 104 cm³/mol. The summed E-state index contributed by atoms with van der Waals surface area (Å²) in [5, 5.41) is 4.17. The molecule has 3 rings (SSSR count). The molecule has 130 valence electrons. The summed E-state index contributed by atoms with van der Waals surface area (Å²) in [6.07, 6.45) is 3.61. The molecule has 1 N–H and O–H groups in total. The van der Waals surface area contributed by atoms with Crippen LogP contribution in [0.25, 0.3) is 0 Å². The molecular formula is C20H20Cl2N2O. The number of aromatic nitrogens is 1. The fourth-order valence-electron chi connectivity index (χ4n) is 2.37. The molecule has 0 aliphatic heterocycles. The summed E-state index contributed by atoms with van der Waals surface area (Å²) in [5.74, 6) is 0.898. The molecule has 2 aromatic carbocycles. The monoisotopic (exact) mass is 374 g/mol. The third-order valence-electron chi connectivity index (χ3n) is 3.67. The summed E-state index contributed by atoms with van der Waals surface area (Å²) in [5.41, 5.74) is 3.45. The highest BCUT2D eigenvalue weighted by Gasteiger charge is 2.03. The Morgan fingerprint density at radius 2 is 1.56 bits per heavy atom. The number of pyridine rings is 1. The first-order valence-corrected chi connectivity index (χ1v) is 8.24. The molecule has 25 heavy (non-hydrogen) atoms. The van der Waals surface area contributed by atoms with Gasteiger partial charge in [-0.25, -0.2) is 0 Å². The SMILES string of the molecule is Cl.Clc1ccc(COc2ccccc2CNCc2ccncc2)cc1. The summed E-state index contributed by atoms with van der Waals surface area (Å²) in [6, 6.07) is 19.8. The first-order chi connectivity index (χ1) is 11.8. The fraction of sp³-hybridized carbons (Fsp3) is 0.150. The van der Waals surface area contributed by atoms with Crippen LogP contribution in [0.3, 0.4) is 0 Å². The van der Waals surface area contributed by atoms with Crippen LogP contribution >= 0.6 is 24.0 Å². The Hall–Kier alpha value is -2.07. The Bertz CT molecular complexity index is 764. The Morgan fingerprint density at radius 3 is 2.32 bits per heavy atom. The second-order valence-electron chi connectivity index (χ2n) is 5.48. The lowest BCUT2D eigenvalue weighted by Crippen LogP contribution is -2.13. The van der Waals surface area contributed by atoms with Crippen LogP contribution in [0.2, 0.25) is 5.02 Å². The van der Waals surface area contributed by atoms with Crippen LogP contribution in [-0.4, -0.2) is 4.98 Å². The van der Waals surface area contributed by atoms with Crippen LogP contribution in [0.1, 0.15) is 16.7 Å². The highest BCUT2D eigenvalue weighted by atomic mass is 35.5. The molecule has 1 aromatic heterocycles. The maximum Gasteiger partial charge on any atom is 0.124 e. The Morgan fingerprint density at radius 1 is 0.840 bits per heavy atom. The van der Waals surface area contributed by atoms with Gasteiger partial charge >= 0.3 is 0 Å². The summed E-state index contributed by atoms with van der Waals surface area (Å²) in [6.45, 7) is 2.08. The van der Waals surface area contributed by atoms with E-state index in [1.807, 2.05) is 54.6 Å². The number of benzene rings is 2. The van der Waals surface area contributed by atoms with E-state index >= 15 is 0 Å². The average molecular weight is 375 g/mol. The zero-order valence-corrected chi connectivity index (χ0v) is 15.3. The minimum Gasteiger partial charge on any atom is -0.489 e. The van der Waals surface area contributed by atoms with Crippen molar-refractivity contribution >= 4 is 24.0 Å². The minimum absolute atomic E-state index is 0. The molecule has 1 heterocycles. The minimum atomic E-state index is 0. The molecule has 3 nitrogen and oxygen atoms in total. The standard InChI is InChI=1S/C20H19ClN2O.ClH/c21-19-7-5-17(6-8-19)15-24-20-4-2-1-3-18(20)14-23-13-16-9-11-22-12-10-16;/h1-12,23H,13-15H2;1H. The molecule has 0 aliphatic carbocycles. The van der Waals surface area contributed by atoms with E-state index in [2.05, 4.69) is 16.4 Å². The normalized spacial score (nSPS) is 10.1. The highest BCUT2D eigenvalue weighted by molar-refractivity contribution is 6.30. The van der Waals surface area contributed by atoms with E-state index in [9.17, 15) is 0 Å². The molecule has 0 aliphatic rings. The van der Waals surface area contributed by atoms with Crippen molar-refractivity contribution in [3.63, 3.8) is 0 Å². The van der Waals surface area contributed by atoms with Crippen molar-refractivity contribution < 1.29 is 4.74 Å². The molecule has 0 saturated heterocycles. The van der Waals surface area contributed by atoms with Gasteiger partial charge in [0.2, 0.25) is 0 Å². The molecule has 0 unspecified atom stereocenters. The number of hydrogen-bond donors (Lipinski definition) is 1. The van der Waals surface area contributed by atoms with Crippen molar-refractivity contribution in [1.82, 2.24) is 10.3 Å². The summed E-state index contributed by atoms with van der Waals surface area (Å²) in [4.78, 5) is 4.03. The fourth-order valence-corrected chi connectivity index (χ4v) is 2.50. The molecular weight excluding hydrogens is 355 g/mol. The van der Waals surface area contributed by atoms with Gasteiger partial charge in [-0.1, -0.05) is 41.9 Å². The van der Waals surface area contributed by atoms with E-state index in [0.29, 0.717) is 6.61 Å². The summed E-state index contributed by atoms with van der Waals surface area (Å²) >= 11 is 5.91. The number of nitrogens with zero attached hydrogens (tertiary/aromatic N) is 1. The van der Waals surface area contributed by atoms with E-state index in [1.54, 1.807) is 12.4 Å². The number of ether oxygens (including phenoxy) is 1. The second kappa shape index (κ2) is 10.0. The van der Waals surface area contributed by atoms with Gasteiger partial charge in [-0.3, -0.25) is 4.98 Å². The molecule has 3 aromatic rings. The van der Waals surface area contributed by atoms with Gasteiger partial charge < -0.3 is 10.1 Å². The third-order valence-corrected chi connectivity index (χ3v) is 3.93. The highest BCUT2D eigenvalue weighted by Crippen LogP contribution is 2.20. The quantitative estimate of drug-likeness (QED) is 0.629. The molecule has 0 bridgehead atoms. The van der Waals surface area contributed by atoms with Gasteiger partial charge in [0.05, 0.1) is 0 Å². The Kier molecular flexibility index (Phi) is 7.74. The molecule has 0 fully saturated rings. The lowest BCUT2D eigenvalue weighted by atomic mass is 10.2. The van der Waals surface area contributed by atoms with Gasteiger partial charge in [0.25, 0.3) is 0 Å². The lowest BCUT2D eigenvalue weighted by molar-refractivity contribution is 0.302. The first-order valence-electron chi connectivity index (χ1n) is 7.86. The predicted octanol–water partition coefficient (Wildman–Crippen LogP) is 5.03. The zero-order valence-electron chi connectivity index (χ0n) is 13.7. The maximum absolute atomic E-state index is 5.97. The zero-order chi connectivity index (χ0) is 16.6. The molecule has 0 atom stereocenters. The van der Waals surface area contributed by atoms with Crippen LogP contribution in [0.5, 0.6) is 5.75 Å². The van der Waals surface area contributed by atoms with Crippen LogP contribution in [-0.2, 0) is 19.7 Å². The van der Waals surface area contributed by atoms with Gasteiger partial charge in [0.1, 0.15) is 12.4 Å². The Balaban J connectivity index is 0.00000225. The van der Waals surface area contributed by atoms with Crippen LogP contribution < -0.4 is 10.1 Å².